The minimum absolute atomic E-state index is 1.06. The molecule has 0 aliphatic heterocycles. The van der Waals surface area contributed by atoms with Gasteiger partial charge in [-0.2, -0.15) is 0 Å². The number of hydrogen-bond acceptors (Lipinski definition) is 2. The Bertz CT molecular complexity index is 398. The summed E-state index contributed by atoms with van der Waals surface area (Å²) in [7, 11) is 0. The number of unbranched alkanes of at least 4 members (excludes halogenated alkanes) is 4. The Morgan fingerprint density at radius 1 is 0.783 bits per heavy atom. The minimum atomic E-state index is -2.35. The maximum atomic E-state index is 5.12. The third-order valence-electron chi connectivity index (χ3n) is 5.03. The summed E-state index contributed by atoms with van der Waals surface area (Å²) in [6.45, 7) is 9.26. The molecule has 1 aromatic rings. The summed E-state index contributed by atoms with van der Waals surface area (Å²) in [5, 5.41) is 0. The van der Waals surface area contributed by atoms with Gasteiger partial charge < -0.3 is 0 Å². The molecule has 3 heteroatoms. The molecule has 1 aromatic heterocycles. The predicted molar refractivity (Wildman–Crippen MR) is 105 cm³/mol. The van der Waals surface area contributed by atoms with Crippen molar-refractivity contribution in [1.29, 1.82) is 0 Å². The van der Waals surface area contributed by atoms with Gasteiger partial charge in [-0.05, 0) is 0 Å². The van der Waals surface area contributed by atoms with E-state index < -0.39 is 18.4 Å². The van der Waals surface area contributed by atoms with Crippen LogP contribution in [0.1, 0.15) is 84.9 Å². The zero-order valence-electron chi connectivity index (χ0n) is 16.0. The molecule has 0 bridgehead atoms. The molecule has 0 N–H and O–H groups in total. The monoisotopic (exact) mass is 426 g/mol. The van der Waals surface area contributed by atoms with Crippen LogP contribution >= 0.6 is 0 Å². The summed E-state index contributed by atoms with van der Waals surface area (Å²) in [6, 6.07) is 2.30. The summed E-state index contributed by atoms with van der Waals surface area (Å²) >= 11 is -2.35. The summed E-state index contributed by atoms with van der Waals surface area (Å²) in [5.74, 6) is 1.11. The van der Waals surface area contributed by atoms with E-state index in [1.807, 2.05) is 0 Å². The molecule has 0 spiro atoms. The van der Waals surface area contributed by atoms with Gasteiger partial charge in [-0.3, -0.25) is 0 Å². The molecule has 0 unspecified atom stereocenters. The van der Waals surface area contributed by atoms with Crippen molar-refractivity contribution in [3.05, 3.63) is 18.1 Å². The first kappa shape index (κ1) is 20.9. The van der Waals surface area contributed by atoms with Crippen molar-refractivity contribution in [2.75, 3.05) is 0 Å². The fourth-order valence-electron chi connectivity index (χ4n) is 3.45. The van der Waals surface area contributed by atoms with E-state index in [4.69, 9.17) is 4.98 Å². The van der Waals surface area contributed by atoms with Gasteiger partial charge in [-0.25, -0.2) is 0 Å². The molecule has 0 aliphatic rings. The van der Waals surface area contributed by atoms with Crippen LogP contribution in [0.25, 0.3) is 0 Å². The number of rotatable bonds is 13. The van der Waals surface area contributed by atoms with Crippen molar-refractivity contribution in [3.63, 3.8) is 0 Å². The average Bonchev–Trinajstić information content (AvgIpc) is 2.60. The summed E-state index contributed by atoms with van der Waals surface area (Å²) in [6.07, 6.45) is 13.7. The fourth-order valence-corrected chi connectivity index (χ4v) is 18.9. The fraction of sp³-hybridized carbons (Fsp3) is 0.800. The van der Waals surface area contributed by atoms with Crippen molar-refractivity contribution in [1.82, 2.24) is 9.97 Å². The van der Waals surface area contributed by atoms with Crippen molar-refractivity contribution in [2.24, 2.45) is 0 Å². The van der Waals surface area contributed by atoms with Crippen LogP contribution in [0.2, 0.25) is 13.3 Å². The van der Waals surface area contributed by atoms with E-state index in [-0.39, 0.29) is 0 Å². The Morgan fingerprint density at radius 3 is 1.78 bits per heavy atom. The molecule has 132 valence electrons. The van der Waals surface area contributed by atoms with Crippen LogP contribution in [-0.2, 0) is 6.42 Å². The van der Waals surface area contributed by atoms with Crippen LogP contribution < -0.4 is 3.71 Å². The summed E-state index contributed by atoms with van der Waals surface area (Å²) in [4.78, 5) is 9.68. The van der Waals surface area contributed by atoms with Gasteiger partial charge in [0.1, 0.15) is 0 Å². The van der Waals surface area contributed by atoms with Gasteiger partial charge in [0.05, 0.1) is 0 Å². The van der Waals surface area contributed by atoms with E-state index in [0.717, 1.165) is 12.2 Å². The summed E-state index contributed by atoms with van der Waals surface area (Å²) < 4.78 is 6.02. The van der Waals surface area contributed by atoms with Crippen molar-refractivity contribution in [2.45, 2.75) is 98.8 Å². The molecule has 0 saturated heterocycles. The van der Waals surface area contributed by atoms with Crippen LogP contribution in [0.5, 0.6) is 0 Å². The first-order chi connectivity index (χ1) is 11.2. The van der Waals surface area contributed by atoms with E-state index in [9.17, 15) is 0 Å². The van der Waals surface area contributed by atoms with Crippen LogP contribution in [0.4, 0.5) is 0 Å². The number of hydrogen-bond donors (Lipinski definition) is 0. The average molecular weight is 425 g/mol. The molecule has 1 rings (SSSR count). The molecule has 0 amide bonds. The van der Waals surface area contributed by atoms with Gasteiger partial charge in [0.15, 0.2) is 0 Å². The third-order valence-corrected chi connectivity index (χ3v) is 20.1. The number of aromatic nitrogens is 2. The molecular weight excluding hydrogens is 387 g/mol. The number of nitrogens with zero attached hydrogens (tertiary/aromatic N) is 2. The second-order valence-corrected chi connectivity index (χ2v) is 20.1. The second-order valence-electron chi connectivity index (χ2n) is 7.05. The maximum absolute atomic E-state index is 5.12. The predicted octanol–water partition coefficient (Wildman–Crippen LogP) is 5.88. The topological polar surface area (TPSA) is 25.8 Å². The van der Waals surface area contributed by atoms with Gasteiger partial charge in [0.2, 0.25) is 0 Å². The van der Waals surface area contributed by atoms with Gasteiger partial charge in [0, 0.05) is 0 Å². The molecule has 23 heavy (non-hydrogen) atoms. The molecular formula is C20H38N2Sn. The van der Waals surface area contributed by atoms with Gasteiger partial charge in [-0.15, -0.1) is 0 Å². The molecule has 0 aliphatic carbocycles. The molecule has 0 fully saturated rings. The Morgan fingerprint density at radius 2 is 1.30 bits per heavy atom. The van der Waals surface area contributed by atoms with E-state index in [0.29, 0.717) is 0 Å². The molecule has 1 heterocycles. The van der Waals surface area contributed by atoms with Crippen LogP contribution in [0.3, 0.4) is 0 Å². The first-order valence-electron chi connectivity index (χ1n) is 10.0. The first-order valence-corrected chi connectivity index (χ1v) is 17.5. The third kappa shape index (κ3) is 7.11. The Balaban J connectivity index is 3.07. The molecule has 2 nitrogen and oxygen atoms in total. The van der Waals surface area contributed by atoms with Gasteiger partial charge in [0.25, 0.3) is 0 Å². The van der Waals surface area contributed by atoms with Crippen LogP contribution in [-0.4, -0.2) is 28.3 Å². The molecule has 0 saturated carbocycles. The molecule has 0 atom stereocenters. The molecule has 0 aromatic carbocycles. The van der Waals surface area contributed by atoms with E-state index >= 15 is 0 Å². The zero-order chi connectivity index (χ0) is 17.0. The SMILES string of the molecule is CCCCc1ncc[c]([Sn]([CH2]CCC)([CH2]CCC)[CH2]CCC)n1. The van der Waals surface area contributed by atoms with E-state index in [1.54, 1.807) is 0 Å². The zero-order valence-corrected chi connectivity index (χ0v) is 18.9. The second kappa shape index (κ2) is 12.3. The van der Waals surface area contributed by atoms with Gasteiger partial charge in [-0.1, -0.05) is 0 Å². The van der Waals surface area contributed by atoms with E-state index in [1.165, 1.54) is 68.4 Å². The van der Waals surface area contributed by atoms with Crippen LogP contribution in [0.15, 0.2) is 12.3 Å². The van der Waals surface area contributed by atoms with Crippen LogP contribution in [0, 0.1) is 0 Å². The van der Waals surface area contributed by atoms with E-state index in [2.05, 4.69) is 44.9 Å². The van der Waals surface area contributed by atoms with Crippen molar-refractivity contribution in [3.8, 4) is 0 Å². The normalized spacial score (nSPS) is 11.8. The Labute approximate surface area is 148 Å². The number of aryl methyl sites for hydroxylation is 1. The van der Waals surface area contributed by atoms with Crippen molar-refractivity contribution < 1.29 is 0 Å². The Kier molecular flexibility index (Phi) is 11.2. The Hall–Kier alpha value is -0.121. The van der Waals surface area contributed by atoms with Crippen molar-refractivity contribution >= 4 is 22.1 Å². The summed E-state index contributed by atoms with van der Waals surface area (Å²) in [5.41, 5.74) is 0. The quantitative estimate of drug-likeness (QED) is 0.369. The molecule has 0 radical (unpaired) electrons. The standard InChI is InChI=1S/C8H11N2.3C4H9.Sn/c1-2-3-5-8-9-6-4-7-10-8;3*1-3-4-2;/h4,6H,2-3,5H2,1H3;3*1,3-4H2,2H3;. The van der Waals surface area contributed by atoms with Gasteiger partial charge >= 0.3 is 149 Å².